The lowest BCUT2D eigenvalue weighted by Gasteiger charge is -2.38. The van der Waals surface area contributed by atoms with Crippen molar-refractivity contribution in [3.05, 3.63) is 35.5 Å². The molecule has 0 aliphatic carbocycles. The van der Waals surface area contributed by atoms with Crippen LogP contribution in [-0.2, 0) is 22.5 Å². The van der Waals surface area contributed by atoms with E-state index in [0.29, 0.717) is 57.3 Å². The molecule has 2 aliphatic rings. The number of carbonyl (C=O) groups excluding carboxylic acids is 2. The molecule has 0 saturated carbocycles. The number of urea groups is 1. The Morgan fingerprint density at radius 2 is 2.03 bits per heavy atom. The number of ether oxygens (including phenoxy) is 1. The molecule has 4 rings (SSSR count). The van der Waals surface area contributed by atoms with Gasteiger partial charge < -0.3 is 25.2 Å². The number of hydrogen-bond acceptors (Lipinski definition) is 7. The number of amides is 3. The first-order valence-corrected chi connectivity index (χ1v) is 11.5. The molecular weight excluding hydrogens is 434 g/mol. The van der Waals surface area contributed by atoms with Crippen molar-refractivity contribution >= 4 is 23.4 Å². The SMILES string of the molecule is CCNC(=O)Nc1ccc(-c2nc3c(c(N4CCOC[C@@H]4C)n2)CN(C(=O)CC#N)CC3)cc1. The van der Waals surface area contributed by atoms with Crippen LogP contribution in [0.25, 0.3) is 11.4 Å². The summed E-state index contributed by atoms with van der Waals surface area (Å²) in [5.74, 6) is 1.25. The highest BCUT2D eigenvalue weighted by molar-refractivity contribution is 5.89. The summed E-state index contributed by atoms with van der Waals surface area (Å²) in [6.07, 6.45) is 0.471. The van der Waals surface area contributed by atoms with E-state index in [1.54, 1.807) is 4.90 Å². The van der Waals surface area contributed by atoms with Crippen LogP contribution in [0.5, 0.6) is 0 Å². The fourth-order valence-corrected chi connectivity index (χ4v) is 4.24. The Bertz CT molecular complexity index is 1100. The third-order valence-corrected chi connectivity index (χ3v) is 6.00. The summed E-state index contributed by atoms with van der Waals surface area (Å²) < 4.78 is 5.62. The Hall–Kier alpha value is -3.71. The minimum atomic E-state index is -0.251. The smallest absolute Gasteiger partial charge is 0.319 e. The molecule has 1 aromatic carbocycles. The van der Waals surface area contributed by atoms with Gasteiger partial charge in [-0.3, -0.25) is 4.79 Å². The number of fused-ring (bicyclic) bond motifs is 1. The van der Waals surface area contributed by atoms with Crippen LogP contribution in [0.2, 0.25) is 0 Å². The molecule has 1 atom stereocenters. The molecule has 10 nitrogen and oxygen atoms in total. The molecule has 2 N–H and O–H groups in total. The molecule has 3 amide bonds. The molecule has 3 heterocycles. The van der Waals surface area contributed by atoms with Gasteiger partial charge in [-0.1, -0.05) is 0 Å². The van der Waals surface area contributed by atoms with E-state index in [2.05, 4.69) is 22.5 Å². The highest BCUT2D eigenvalue weighted by atomic mass is 16.5. The molecule has 0 spiro atoms. The maximum absolute atomic E-state index is 12.4. The first-order valence-electron chi connectivity index (χ1n) is 11.5. The van der Waals surface area contributed by atoms with Gasteiger partial charge in [0, 0.05) is 42.9 Å². The topological polar surface area (TPSA) is 123 Å². The maximum atomic E-state index is 12.4. The van der Waals surface area contributed by atoms with Crippen molar-refractivity contribution in [1.82, 2.24) is 20.2 Å². The summed E-state index contributed by atoms with van der Waals surface area (Å²) in [7, 11) is 0. The van der Waals surface area contributed by atoms with E-state index in [9.17, 15) is 9.59 Å². The van der Waals surface area contributed by atoms with E-state index in [1.165, 1.54) is 0 Å². The van der Waals surface area contributed by atoms with E-state index in [1.807, 2.05) is 37.3 Å². The highest BCUT2D eigenvalue weighted by Crippen LogP contribution is 2.32. The second kappa shape index (κ2) is 10.5. The summed E-state index contributed by atoms with van der Waals surface area (Å²) in [4.78, 5) is 37.9. The third kappa shape index (κ3) is 5.10. The zero-order valence-electron chi connectivity index (χ0n) is 19.5. The van der Waals surface area contributed by atoms with Crippen LogP contribution in [0.3, 0.4) is 0 Å². The summed E-state index contributed by atoms with van der Waals surface area (Å²) in [6.45, 7) is 7.34. The lowest BCUT2D eigenvalue weighted by molar-refractivity contribution is -0.131. The molecule has 2 aliphatic heterocycles. The summed E-state index contributed by atoms with van der Waals surface area (Å²) in [6, 6.07) is 9.26. The largest absolute Gasteiger partial charge is 0.377 e. The van der Waals surface area contributed by atoms with Crippen molar-refractivity contribution in [1.29, 1.82) is 5.26 Å². The number of aromatic nitrogens is 2. The first-order chi connectivity index (χ1) is 16.5. The maximum Gasteiger partial charge on any atom is 0.319 e. The molecule has 0 unspecified atom stereocenters. The third-order valence-electron chi connectivity index (χ3n) is 6.00. The molecule has 1 saturated heterocycles. The Morgan fingerprint density at radius 3 is 2.74 bits per heavy atom. The molecule has 178 valence electrons. The fourth-order valence-electron chi connectivity index (χ4n) is 4.24. The van der Waals surface area contributed by atoms with Gasteiger partial charge in [-0.25, -0.2) is 14.8 Å². The predicted octanol–water partition coefficient (Wildman–Crippen LogP) is 2.31. The number of anilines is 2. The van der Waals surface area contributed by atoms with Crippen LogP contribution in [0.15, 0.2) is 24.3 Å². The number of carbonyl (C=O) groups is 2. The van der Waals surface area contributed by atoms with Gasteiger partial charge in [0.15, 0.2) is 5.82 Å². The van der Waals surface area contributed by atoms with Crippen LogP contribution >= 0.6 is 0 Å². The van der Waals surface area contributed by atoms with Gasteiger partial charge in [0.05, 0.1) is 37.6 Å². The van der Waals surface area contributed by atoms with E-state index in [0.717, 1.165) is 22.6 Å². The Balaban J connectivity index is 1.67. The van der Waals surface area contributed by atoms with Crippen LogP contribution in [-0.4, -0.2) is 65.7 Å². The summed E-state index contributed by atoms with van der Waals surface area (Å²) in [5.41, 5.74) is 3.38. The molecule has 0 radical (unpaired) electrons. The van der Waals surface area contributed by atoms with Crippen molar-refractivity contribution < 1.29 is 14.3 Å². The van der Waals surface area contributed by atoms with Crippen LogP contribution in [0.4, 0.5) is 16.3 Å². The standard InChI is InChI=1S/C24H29N7O3/c1-3-26-24(33)27-18-6-4-17(5-7-18)22-28-20-9-11-30(21(32)8-10-25)14-19(20)23(29-22)31-12-13-34-15-16(31)2/h4-7,16H,3,8-9,11-15H2,1-2H3,(H2,26,27,33)/t16-/m0/s1. The Morgan fingerprint density at radius 1 is 1.24 bits per heavy atom. The quantitative estimate of drug-likeness (QED) is 0.697. The van der Waals surface area contributed by atoms with Crippen LogP contribution in [0.1, 0.15) is 31.5 Å². The van der Waals surface area contributed by atoms with Gasteiger partial charge in [-0.2, -0.15) is 5.26 Å². The van der Waals surface area contributed by atoms with E-state index < -0.39 is 0 Å². The lowest BCUT2D eigenvalue weighted by atomic mass is 10.0. The zero-order valence-corrected chi connectivity index (χ0v) is 19.5. The fraction of sp³-hybridized carbons (Fsp3) is 0.458. The molecule has 1 fully saturated rings. The predicted molar refractivity (Wildman–Crippen MR) is 127 cm³/mol. The number of hydrogen-bond donors (Lipinski definition) is 2. The monoisotopic (exact) mass is 463 g/mol. The van der Waals surface area contributed by atoms with E-state index in [-0.39, 0.29) is 24.4 Å². The lowest BCUT2D eigenvalue weighted by Crippen LogP contribution is -2.46. The van der Waals surface area contributed by atoms with Crippen molar-refractivity contribution in [3.63, 3.8) is 0 Å². The Labute approximate surface area is 198 Å². The van der Waals surface area contributed by atoms with E-state index in [4.69, 9.17) is 20.0 Å². The summed E-state index contributed by atoms with van der Waals surface area (Å²) >= 11 is 0. The second-order valence-corrected chi connectivity index (χ2v) is 8.38. The highest BCUT2D eigenvalue weighted by Gasteiger charge is 2.30. The van der Waals surface area contributed by atoms with Gasteiger partial charge in [-0.05, 0) is 38.1 Å². The number of nitriles is 1. The number of rotatable bonds is 5. The van der Waals surface area contributed by atoms with Gasteiger partial charge in [0.25, 0.3) is 0 Å². The van der Waals surface area contributed by atoms with E-state index >= 15 is 0 Å². The number of benzene rings is 1. The van der Waals surface area contributed by atoms with Crippen LogP contribution in [0, 0.1) is 11.3 Å². The van der Waals surface area contributed by atoms with Crippen molar-refractivity contribution in [2.45, 2.75) is 39.3 Å². The first kappa shape index (κ1) is 23.4. The second-order valence-electron chi connectivity index (χ2n) is 8.38. The molecule has 2 aromatic rings. The number of morpholine rings is 1. The number of nitrogens with one attached hydrogen (secondary N) is 2. The molecule has 10 heteroatoms. The average molecular weight is 464 g/mol. The zero-order chi connectivity index (χ0) is 24.1. The van der Waals surface area contributed by atoms with Gasteiger partial charge in [0.2, 0.25) is 5.91 Å². The molecular formula is C24H29N7O3. The van der Waals surface area contributed by atoms with Gasteiger partial charge in [-0.15, -0.1) is 0 Å². The molecule has 1 aromatic heterocycles. The average Bonchev–Trinajstić information content (AvgIpc) is 2.84. The minimum absolute atomic E-state index is 0.131. The minimum Gasteiger partial charge on any atom is -0.377 e. The van der Waals surface area contributed by atoms with Crippen molar-refractivity contribution in [3.8, 4) is 17.5 Å². The summed E-state index contributed by atoms with van der Waals surface area (Å²) in [5, 5.41) is 14.4. The van der Waals surface area contributed by atoms with Gasteiger partial charge >= 0.3 is 6.03 Å². The van der Waals surface area contributed by atoms with Gasteiger partial charge in [0.1, 0.15) is 12.2 Å². The van der Waals surface area contributed by atoms with Crippen molar-refractivity contribution in [2.75, 3.05) is 43.1 Å². The van der Waals surface area contributed by atoms with Crippen LogP contribution < -0.4 is 15.5 Å². The molecule has 0 bridgehead atoms. The molecule has 34 heavy (non-hydrogen) atoms. The Kier molecular flexibility index (Phi) is 7.23. The normalized spacial score (nSPS) is 17.5. The van der Waals surface area contributed by atoms with Crippen molar-refractivity contribution in [2.24, 2.45) is 0 Å². The number of nitrogens with zero attached hydrogens (tertiary/aromatic N) is 5.